The molecule has 1 aromatic carbocycles. The molecule has 4 aliphatic rings. The highest BCUT2D eigenvalue weighted by molar-refractivity contribution is 5.71. The summed E-state index contributed by atoms with van der Waals surface area (Å²) in [7, 11) is 0. The van der Waals surface area contributed by atoms with Gasteiger partial charge in [-0.15, -0.1) is 0 Å². The third kappa shape index (κ3) is 0.682. The summed E-state index contributed by atoms with van der Waals surface area (Å²) in [6, 6.07) is 11.0. The van der Waals surface area contributed by atoms with Gasteiger partial charge in [0.15, 0.2) is 0 Å². The molecule has 5 rings (SSSR count). The Balaban J connectivity index is 1.69. The lowest BCUT2D eigenvalue weighted by atomic mass is 9.24. The van der Waals surface area contributed by atoms with E-state index in [1.54, 1.807) is 0 Å². The summed E-state index contributed by atoms with van der Waals surface area (Å²) in [4.78, 5) is 11.7. The van der Waals surface area contributed by atoms with Crippen LogP contribution in [-0.2, 0) is 10.2 Å². The van der Waals surface area contributed by atoms with E-state index in [0.717, 1.165) is 18.3 Å². The number of hydrogen-bond acceptors (Lipinski definition) is 1. The summed E-state index contributed by atoms with van der Waals surface area (Å²) in [5, 5.41) is 0. The molecular formula is C17H18O. The average molecular weight is 238 g/mol. The normalized spacial score (nSPS) is 54.4. The van der Waals surface area contributed by atoms with E-state index in [-0.39, 0.29) is 5.41 Å². The van der Waals surface area contributed by atoms with Crippen molar-refractivity contribution >= 4 is 6.29 Å². The van der Waals surface area contributed by atoms with Crippen LogP contribution in [0.2, 0.25) is 0 Å². The van der Waals surface area contributed by atoms with Crippen molar-refractivity contribution in [3.8, 4) is 0 Å². The topological polar surface area (TPSA) is 17.1 Å². The van der Waals surface area contributed by atoms with Gasteiger partial charge in [0.25, 0.3) is 0 Å². The SMILES string of the molecule is O=CC12CC3CC4CC(c5ccccc5)(C1)C42C3. The third-order valence-corrected chi connectivity index (χ3v) is 7.08. The van der Waals surface area contributed by atoms with Gasteiger partial charge in [-0.05, 0) is 54.9 Å². The first-order valence-corrected chi connectivity index (χ1v) is 7.28. The molecule has 1 heteroatoms. The van der Waals surface area contributed by atoms with Gasteiger partial charge in [-0.3, -0.25) is 0 Å². The minimum Gasteiger partial charge on any atom is -0.303 e. The van der Waals surface area contributed by atoms with E-state index in [9.17, 15) is 4.79 Å². The molecule has 4 saturated carbocycles. The maximum atomic E-state index is 11.7. The monoisotopic (exact) mass is 238 g/mol. The summed E-state index contributed by atoms with van der Waals surface area (Å²) in [5.41, 5.74) is 2.36. The number of hydrogen-bond donors (Lipinski definition) is 0. The molecule has 4 aliphatic carbocycles. The van der Waals surface area contributed by atoms with Crippen LogP contribution in [0.5, 0.6) is 0 Å². The average Bonchev–Trinajstić information content (AvgIpc) is 2.87. The van der Waals surface area contributed by atoms with E-state index in [1.165, 1.54) is 37.5 Å². The van der Waals surface area contributed by atoms with Gasteiger partial charge in [0.05, 0.1) is 0 Å². The Morgan fingerprint density at radius 3 is 2.67 bits per heavy atom. The fourth-order valence-electron chi connectivity index (χ4n) is 6.88. The van der Waals surface area contributed by atoms with Crippen LogP contribution in [0.25, 0.3) is 0 Å². The molecule has 2 bridgehead atoms. The minimum atomic E-state index is 0.0781. The zero-order chi connectivity index (χ0) is 12.0. The van der Waals surface area contributed by atoms with Gasteiger partial charge in [0.1, 0.15) is 6.29 Å². The zero-order valence-corrected chi connectivity index (χ0v) is 10.6. The van der Waals surface area contributed by atoms with Crippen LogP contribution in [-0.4, -0.2) is 6.29 Å². The molecule has 4 fully saturated rings. The first-order chi connectivity index (χ1) is 8.76. The van der Waals surface area contributed by atoms with E-state index >= 15 is 0 Å². The second-order valence-electron chi connectivity index (χ2n) is 7.28. The number of fused-ring (bicyclic) bond motifs is 1. The maximum absolute atomic E-state index is 11.7. The predicted molar refractivity (Wildman–Crippen MR) is 69.1 cm³/mol. The third-order valence-electron chi connectivity index (χ3n) is 7.08. The van der Waals surface area contributed by atoms with Crippen molar-refractivity contribution in [3.05, 3.63) is 35.9 Å². The van der Waals surface area contributed by atoms with E-state index in [2.05, 4.69) is 30.3 Å². The second-order valence-corrected chi connectivity index (χ2v) is 7.28. The highest BCUT2D eigenvalue weighted by Crippen LogP contribution is 2.90. The van der Waals surface area contributed by atoms with Crippen LogP contribution >= 0.6 is 0 Å². The van der Waals surface area contributed by atoms with Gasteiger partial charge in [0.2, 0.25) is 0 Å². The number of carbonyl (C=O) groups is 1. The number of carbonyl (C=O) groups excluding carboxylic acids is 1. The van der Waals surface area contributed by atoms with Crippen LogP contribution in [0, 0.1) is 22.7 Å². The number of benzene rings is 1. The quantitative estimate of drug-likeness (QED) is 0.722. The molecule has 0 amide bonds. The Labute approximate surface area is 108 Å². The van der Waals surface area contributed by atoms with E-state index in [1.807, 2.05) is 0 Å². The summed E-state index contributed by atoms with van der Waals surface area (Å²) >= 11 is 0. The minimum absolute atomic E-state index is 0.0781. The first kappa shape index (κ1) is 9.77. The molecule has 5 unspecified atom stereocenters. The molecule has 0 heterocycles. The largest absolute Gasteiger partial charge is 0.303 e. The lowest BCUT2D eigenvalue weighted by molar-refractivity contribution is -0.251. The highest BCUT2D eigenvalue weighted by atomic mass is 16.1. The van der Waals surface area contributed by atoms with Crippen molar-refractivity contribution in [2.45, 2.75) is 37.5 Å². The molecule has 1 nitrogen and oxygen atoms in total. The summed E-state index contributed by atoms with van der Waals surface area (Å²) in [6.07, 6.45) is 7.78. The molecule has 0 N–H and O–H groups in total. The van der Waals surface area contributed by atoms with Gasteiger partial charge < -0.3 is 4.79 Å². The van der Waals surface area contributed by atoms with Crippen molar-refractivity contribution < 1.29 is 4.79 Å². The lowest BCUT2D eigenvalue weighted by Gasteiger charge is -2.78. The maximum Gasteiger partial charge on any atom is 0.126 e. The molecule has 0 radical (unpaired) electrons. The molecule has 0 saturated heterocycles. The highest BCUT2D eigenvalue weighted by Gasteiger charge is 2.87. The summed E-state index contributed by atoms with van der Waals surface area (Å²) in [5.74, 6) is 1.71. The van der Waals surface area contributed by atoms with Crippen LogP contribution in [0.15, 0.2) is 30.3 Å². The Morgan fingerprint density at radius 2 is 1.94 bits per heavy atom. The molecular weight excluding hydrogens is 220 g/mol. The Hall–Kier alpha value is -1.11. The Kier molecular flexibility index (Phi) is 1.41. The van der Waals surface area contributed by atoms with Gasteiger partial charge in [-0.2, -0.15) is 0 Å². The van der Waals surface area contributed by atoms with Crippen molar-refractivity contribution in [2.75, 3.05) is 0 Å². The van der Waals surface area contributed by atoms with Gasteiger partial charge in [0, 0.05) is 10.8 Å². The van der Waals surface area contributed by atoms with Gasteiger partial charge >= 0.3 is 0 Å². The van der Waals surface area contributed by atoms with Crippen LogP contribution in [0.4, 0.5) is 0 Å². The number of rotatable bonds is 2. The summed E-state index contributed by atoms with van der Waals surface area (Å²) < 4.78 is 0. The van der Waals surface area contributed by atoms with Crippen LogP contribution in [0.1, 0.15) is 37.7 Å². The molecule has 18 heavy (non-hydrogen) atoms. The fraction of sp³-hybridized carbons (Fsp3) is 0.588. The smallest absolute Gasteiger partial charge is 0.126 e. The van der Waals surface area contributed by atoms with Crippen molar-refractivity contribution in [3.63, 3.8) is 0 Å². The van der Waals surface area contributed by atoms with Crippen molar-refractivity contribution in [1.29, 1.82) is 0 Å². The molecule has 1 aromatic rings. The van der Waals surface area contributed by atoms with Crippen LogP contribution in [0.3, 0.4) is 0 Å². The lowest BCUT2D eigenvalue weighted by Crippen LogP contribution is -2.76. The first-order valence-electron chi connectivity index (χ1n) is 7.28. The van der Waals surface area contributed by atoms with Crippen molar-refractivity contribution in [2.24, 2.45) is 22.7 Å². The molecule has 92 valence electrons. The van der Waals surface area contributed by atoms with E-state index < -0.39 is 0 Å². The molecule has 5 atom stereocenters. The number of aldehydes is 1. The Morgan fingerprint density at radius 1 is 1.11 bits per heavy atom. The summed E-state index contributed by atoms with van der Waals surface area (Å²) in [6.45, 7) is 0. The van der Waals surface area contributed by atoms with Crippen molar-refractivity contribution in [1.82, 2.24) is 0 Å². The molecule has 0 aliphatic heterocycles. The Bertz CT molecular complexity index is 550. The van der Waals surface area contributed by atoms with E-state index in [4.69, 9.17) is 0 Å². The molecule has 1 spiro atoms. The predicted octanol–water partition coefficient (Wildman–Crippen LogP) is 3.33. The van der Waals surface area contributed by atoms with Gasteiger partial charge in [-0.25, -0.2) is 0 Å². The standard InChI is InChI=1S/C17H18O/c18-11-15-7-12-6-14-9-16(10-15,17(14,15)8-12)13-4-2-1-3-5-13/h1-5,11-12,14H,6-10H2. The fourth-order valence-corrected chi connectivity index (χ4v) is 6.88. The van der Waals surface area contributed by atoms with Crippen LogP contribution < -0.4 is 0 Å². The second kappa shape index (κ2) is 2.59. The van der Waals surface area contributed by atoms with Gasteiger partial charge in [-0.1, -0.05) is 30.3 Å². The zero-order valence-electron chi connectivity index (χ0n) is 10.6. The van der Waals surface area contributed by atoms with E-state index in [0.29, 0.717) is 10.8 Å². The molecule has 0 aromatic heterocycles.